The molecule has 0 radical (unpaired) electrons. The van der Waals surface area contributed by atoms with E-state index in [4.69, 9.17) is 5.73 Å². The summed E-state index contributed by atoms with van der Waals surface area (Å²) >= 11 is 0. The fourth-order valence-electron chi connectivity index (χ4n) is 2.80. The summed E-state index contributed by atoms with van der Waals surface area (Å²) in [5.41, 5.74) is 7.28. The van der Waals surface area contributed by atoms with Gasteiger partial charge in [-0.05, 0) is 42.3 Å². The molecule has 0 bridgehead atoms. The molecule has 3 N–H and O–H groups in total. The van der Waals surface area contributed by atoms with Crippen LogP contribution in [0.25, 0.3) is 22.0 Å². The Morgan fingerprint density at radius 2 is 1.84 bits per heavy atom. The number of H-pyrrole nitrogens is 1. The normalized spacial score (nSPS) is 11.5. The molecule has 0 aliphatic rings. The number of alkyl halides is 3. The van der Waals surface area contributed by atoms with Crippen molar-refractivity contribution in [3.63, 3.8) is 0 Å². The first kappa shape index (κ1) is 16.6. The maximum absolute atomic E-state index is 12.7. The first-order chi connectivity index (χ1) is 11.7. The van der Waals surface area contributed by atoms with E-state index in [1.807, 2.05) is 6.07 Å². The molecule has 0 aliphatic carbocycles. The number of carbonyl (C=O) groups is 1. The number of hydrogen-bond donors (Lipinski definition) is 2. The van der Waals surface area contributed by atoms with Gasteiger partial charge in [-0.15, -0.1) is 0 Å². The highest BCUT2D eigenvalue weighted by molar-refractivity contribution is 6.05. The predicted molar refractivity (Wildman–Crippen MR) is 86.7 cm³/mol. The molecule has 25 heavy (non-hydrogen) atoms. The molecular weight excluding hydrogens is 331 g/mol. The number of amides is 1. The summed E-state index contributed by atoms with van der Waals surface area (Å²) in [5.74, 6) is -0.648. The molecule has 3 rings (SSSR count). The molecule has 7 heteroatoms. The zero-order valence-electron chi connectivity index (χ0n) is 13.0. The lowest BCUT2D eigenvalue weighted by atomic mass is 9.98. The third-order valence-electron chi connectivity index (χ3n) is 4.07. The number of primary amides is 1. The monoisotopic (exact) mass is 343 g/mol. The van der Waals surface area contributed by atoms with Crippen LogP contribution in [-0.2, 0) is 6.18 Å². The lowest BCUT2D eigenvalue weighted by Crippen LogP contribution is -2.12. The minimum atomic E-state index is -4.43. The van der Waals surface area contributed by atoms with Crippen molar-refractivity contribution in [3.05, 3.63) is 58.8 Å². The van der Waals surface area contributed by atoms with Gasteiger partial charge in [0.1, 0.15) is 5.69 Å². The maximum atomic E-state index is 12.7. The van der Waals surface area contributed by atoms with E-state index in [0.717, 1.165) is 12.1 Å². The third-order valence-corrected chi connectivity index (χ3v) is 4.07. The highest BCUT2D eigenvalue weighted by Crippen LogP contribution is 2.35. The zero-order valence-corrected chi connectivity index (χ0v) is 13.0. The molecule has 0 aliphatic heterocycles. The van der Waals surface area contributed by atoms with Crippen LogP contribution in [0.1, 0.15) is 27.2 Å². The largest absolute Gasteiger partial charge is 0.416 e. The van der Waals surface area contributed by atoms with Gasteiger partial charge in [-0.25, -0.2) is 0 Å². The Hall–Kier alpha value is -3.27. The summed E-state index contributed by atoms with van der Waals surface area (Å²) < 4.78 is 38.2. The highest BCUT2D eigenvalue weighted by atomic mass is 19.4. The number of halogens is 3. The van der Waals surface area contributed by atoms with Gasteiger partial charge in [0.2, 0.25) is 0 Å². The number of nitriles is 1. The average molecular weight is 343 g/mol. The zero-order chi connectivity index (χ0) is 18.4. The summed E-state index contributed by atoms with van der Waals surface area (Å²) in [5, 5.41) is 9.85. The van der Waals surface area contributed by atoms with Crippen LogP contribution in [0, 0.1) is 18.3 Å². The molecule has 2 aromatic carbocycles. The summed E-state index contributed by atoms with van der Waals surface area (Å²) in [6.07, 6.45) is -4.43. The van der Waals surface area contributed by atoms with Crippen LogP contribution in [0.2, 0.25) is 0 Å². The van der Waals surface area contributed by atoms with Gasteiger partial charge in [-0.1, -0.05) is 12.1 Å². The number of aromatic nitrogens is 1. The molecule has 4 nitrogen and oxygen atoms in total. The second-order valence-electron chi connectivity index (χ2n) is 5.62. The van der Waals surface area contributed by atoms with Gasteiger partial charge in [-0.3, -0.25) is 4.79 Å². The first-order valence-electron chi connectivity index (χ1n) is 7.26. The number of hydrogen-bond acceptors (Lipinski definition) is 2. The van der Waals surface area contributed by atoms with E-state index in [1.54, 1.807) is 19.1 Å². The Balaban J connectivity index is 2.26. The summed E-state index contributed by atoms with van der Waals surface area (Å²) in [6, 6.07) is 9.81. The lowest BCUT2D eigenvalue weighted by molar-refractivity contribution is -0.137. The summed E-state index contributed by atoms with van der Waals surface area (Å²) in [6.45, 7) is 1.69. The van der Waals surface area contributed by atoms with E-state index in [0.29, 0.717) is 33.2 Å². The Labute approximate surface area is 140 Å². The lowest BCUT2D eigenvalue weighted by Gasteiger charge is -2.09. The molecule has 0 atom stereocenters. The number of nitrogens with two attached hydrogens (primary N) is 1. The van der Waals surface area contributed by atoms with Crippen molar-refractivity contribution in [2.24, 2.45) is 5.73 Å². The van der Waals surface area contributed by atoms with Crippen molar-refractivity contribution in [2.75, 3.05) is 0 Å². The van der Waals surface area contributed by atoms with Crippen LogP contribution in [0.15, 0.2) is 36.4 Å². The SMILES string of the molecule is Cc1c(C(N)=O)[nH]c2c(-c3ccc(C(F)(F)F)cc3)cc(C#N)cc12. The molecule has 0 saturated heterocycles. The van der Waals surface area contributed by atoms with Gasteiger partial charge in [-0.2, -0.15) is 18.4 Å². The molecular formula is C18H12F3N3O. The van der Waals surface area contributed by atoms with Crippen molar-refractivity contribution in [2.45, 2.75) is 13.1 Å². The number of carbonyl (C=O) groups excluding carboxylic acids is 1. The van der Waals surface area contributed by atoms with Crippen molar-refractivity contribution in [1.29, 1.82) is 5.26 Å². The first-order valence-corrected chi connectivity index (χ1v) is 7.26. The minimum absolute atomic E-state index is 0.207. The van der Waals surface area contributed by atoms with Gasteiger partial charge in [0.25, 0.3) is 5.91 Å². The van der Waals surface area contributed by atoms with Crippen molar-refractivity contribution in [1.82, 2.24) is 4.98 Å². The van der Waals surface area contributed by atoms with Crippen molar-refractivity contribution in [3.8, 4) is 17.2 Å². The van der Waals surface area contributed by atoms with E-state index >= 15 is 0 Å². The molecule has 3 aromatic rings. The van der Waals surface area contributed by atoms with Crippen LogP contribution >= 0.6 is 0 Å². The van der Waals surface area contributed by atoms with Crippen LogP contribution in [0.5, 0.6) is 0 Å². The second-order valence-corrected chi connectivity index (χ2v) is 5.62. The number of rotatable bonds is 2. The molecule has 0 fully saturated rings. The van der Waals surface area contributed by atoms with Gasteiger partial charge >= 0.3 is 6.18 Å². The molecule has 0 spiro atoms. The Bertz CT molecular complexity index is 1020. The topological polar surface area (TPSA) is 82.7 Å². The van der Waals surface area contributed by atoms with Crippen LogP contribution in [0.4, 0.5) is 13.2 Å². The smallest absolute Gasteiger partial charge is 0.364 e. The van der Waals surface area contributed by atoms with E-state index in [1.165, 1.54) is 12.1 Å². The fraction of sp³-hybridized carbons (Fsp3) is 0.111. The second kappa shape index (κ2) is 5.67. The number of benzene rings is 2. The molecule has 1 aromatic heterocycles. The van der Waals surface area contributed by atoms with Crippen molar-refractivity contribution >= 4 is 16.8 Å². The Morgan fingerprint density at radius 3 is 2.36 bits per heavy atom. The van der Waals surface area contributed by atoms with Crippen molar-refractivity contribution < 1.29 is 18.0 Å². The van der Waals surface area contributed by atoms with Gasteiger partial charge in [0.15, 0.2) is 0 Å². The number of aryl methyl sites for hydroxylation is 1. The van der Waals surface area contributed by atoms with Gasteiger partial charge in [0.05, 0.1) is 22.7 Å². The molecule has 1 heterocycles. The molecule has 1 amide bonds. The highest BCUT2D eigenvalue weighted by Gasteiger charge is 2.30. The Morgan fingerprint density at radius 1 is 1.20 bits per heavy atom. The van der Waals surface area contributed by atoms with Crippen LogP contribution < -0.4 is 5.73 Å². The summed E-state index contributed by atoms with van der Waals surface area (Å²) in [4.78, 5) is 14.5. The maximum Gasteiger partial charge on any atom is 0.416 e. The number of nitrogens with zero attached hydrogens (tertiary/aromatic N) is 1. The van der Waals surface area contributed by atoms with E-state index < -0.39 is 17.6 Å². The fourth-order valence-corrected chi connectivity index (χ4v) is 2.80. The third kappa shape index (κ3) is 2.83. The van der Waals surface area contributed by atoms with Crippen LogP contribution in [0.3, 0.4) is 0 Å². The van der Waals surface area contributed by atoms with E-state index in [-0.39, 0.29) is 5.69 Å². The van der Waals surface area contributed by atoms with E-state index in [9.17, 15) is 23.2 Å². The molecule has 0 saturated carbocycles. The van der Waals surface area contributed by atoms with E-state index in [2.05, 4.69) is 4.98 Å². The molecule has 126 valence electrons. The van der Waals surface area contributed by atoms with Gasteiger partial charge in [0, 0.05) is 10.9 Å². The minimum Gasteiger partial charge on any atom is -0.364 e. The standard InChI is InChI=1S/C18H12F3N3O/c1-9-13-6-10(8-22)7-14(16(13)24-15(9)17(23)25)11-2-4-12(5-3-11)18(19,20)21/h2-7,24H,1H3,(H2,23,25). The number of fused-ring (bicyclic) bond motifs is 1. The predicted octanol–water partition coefficient (Wildman–Crippen LogP) is 4.13. The number of nitrogens with one attached hydrogen (secondary N) is 1. The number of aromatic amines is 1. The quantitative estimate of drug-likeness (QED) is 0.733. The molecule has 0 unspecified atom stereocenters. The Kier molecular flexibility index (Phi) is 3.76. The summed E-state index contributed by atoms with van der Waals surface area (Å²) in [7, 11) is 0. The van der Waals surface area contributed by atoms with Crippen LogP contribution in [-0.4, -0.2) is 10.9 Å². The van der Waals surface area contributed by atoms with Gasteiger partial charge < -0.3 is 10.7 Å². The average Bonchev–Trinajstić information content (AvgIpc) is 2.90.